The van der Waals surface area contributed by atoms with Crippen LogP contribution in [-0.4, -0.2) is 30.6 Å². The number of hydrogen-bond donors (Lipinski definition) is 3. The van der Waals surface area contributed by atoms with Crippen LogP contribution in [0.1, 0.15) is 29.2 Å². The van der Waals surface area contributed by atoms with E-state index in [1.165, 1.54) is 0 Å². The van der Waals surface area contributed by atoms with Crippen LogP contribution in [0.4, 0.5) is 5.69 Å². The first kappa shape index (κ1) is 19.5. The number of methoxy groups -OCH3 is 1. The lowest BCUT2D eigenvalue weighted by atomic mass is 10.1. The van der Waals surface area contributed by atoms with E-state index in [9.17, 15) is 14.7 Å². The van der Waals surface area contributed by atoms with Gasteiger partial charge in [-0.15, -0.1) is 0 Å². The lowest BCUT2D eigenvalue weighted by Gasteiger charge is -2.13. The quantitative estimate of drug-likeness (QED) is 0.711. The Bertz CT molecular complexity index is 772. The third kappa shape index (κ3) is 5.32. The van der Waals surface area contributed by atoms with Crippen molar-refractivity contribution in [2.24, 2.45) is 0 Å². The molecule has 0 aliphatic carbocycles. The van der Waals surface area contributed by atoms with Crippen molar-refractivity contribution in [1.82, 2.24) is 5.32 Å². The molecule has 3 N–H and O–H groups in total. The molecule has 0 radical (unpaired) electrons. The van der Waals surface area contributed by atoms with Crippen LogP contribution < -0.4 is 15.4 Å². The predicted octanol–water partition coefficient (Wildman–Crippen LogP) is 2.49. The number of aliphatic hydroxyl groups excluding tert-OH is 1. The number of aryl methyl sites for hydroxylation is 2. The molecule has 0 bridgehead atoms. The summed E-state index contributed by atoms with van der Waals surface area (Å²) < 4.78 is 5.04. The van der Waals surface area contributed by atoms with Gasteiger partial charge in [0.1, 0.15) is 5.75 Å². The molecule has 0 aliphatic heterocycles. The Kier molecular flexibility index (Phi) is 6.74. The van der Waals surface area contributed by atoms with Crippen LogP contribution in [0.5, 0.6) is 5.75 Å². The van der Waals surface area contributed by atoms with Crippen molar-refractivity contribution in [3.8, 4) is 5.75 Å². The number of aliphatic hydroxyl groups is 1. The van der Waals surface area contributed by atoms with Gasteiger partial charge in [-0.1, -0.05) is 29.8 Å². The van der Waals surface area contributed by atoms with Crippen LogP contribution in [0.2, 0.25) is 0 Å². The lowest BCUT2D eigenvalue weighted by molar-refractivity contribution is -0.129. The van der Waals surface area contributed by atoms with Gasteiger partial charge < -0.3 is 20.5 Å². The molecule has 2 aromatic carbocycles. The van der Waals surface area contributed by atoms with Crippen LogP contribution in [-0.2, 0) is 9.59 Å². The number of nitrogens with one attached hydrogen (secondary N) is 2. The minimum absolute atomic E-state index is 0.119. The van der Waals surface area contributed by atoms with Crippen LogP contribution in [0.25, 0.3) is 0 Å². The average Bonchev–Trinajstić information content (AvgIpc) is 2.63. The number of hydrogen-bond acceptors (Lipinski definition) is 4. The molecule has 0 saturated heterocycles. The topological polar surface area (TPSA) is 87.7 Å². The second-order valence-electron chi connectivity index (χ2n) is 6.08. The number of benzene rings is 2. The molecule has 0 aliphatic rings. The SMILES string of the molecule is COc1ccc(C(O)C(=O)NCCC(=O)Nc2ccc(C)cc2C)cc1. The smallest absolute Gasteiger partial charge is 0.253 e. The Morgan fingerprint density at radius 3 is 2.42 bits per heavy atom. The van der Waals surface area contributed by atoms with Gasteiger partial charge in [0.15, 0.2) is 6.10 Å². The molecule has 26 heavy (non-hydrogen) atoms. The van der Waals surface area contributed by atoms with Crippen LogP contribution in [0.3, 0.4) is 0 Å². The predicted molar refractivity (Wildman–Crippen MR) is 100 cm³/mol. The maximum Gasteiger partial charge on any atom is 0.253 e. The van der Waals surface area contributed by atoms with E-state index >= 15 is 0 Å². The molecule has 2 aromatic rings. The van der Waals surface area contributed by atoms with Crippen molar-refractivity contribution in [3.05, 3.63) is 59.2 Å². The van der Waals surface area contributed by atoms with E-state index in [1.54, 1.807) is 31.4 Å². The lowest BCUT2D eigenvalue weighted by Crippen LogP contribution is -2.32. The Morgan fingerprint density at radius 2 is 1.81 bits per heavy atom. The van der Waals surface area contributed by atoms with Gasteiger partial charge in [0.2, 0.25) is 5.91 Å². The first-order valence-corrected chi connectivity index (χ1v) is 8.37. The number of rotatable bonds is 7. The molecular formula is C20H24N2O4. The Morgan fingerprint density at radius 1 is 1.12 bits per heavy atom. The zero-order valence-corrected chi connectivity index (χ0v) is 15.2. The molecule has 0 aromatic heterocycles. The average molecular weight is 356 g/mol. The number of carbonyl (C=O) groups is 2. The number of carbonyl (C=O) groups excluding carboxylic acids is 2. The van der Waals surface area contributed by atoms with Crippen molar-refractivity contribution >= 4 is 17.5 Å². The molecule has 2 amide bonds. The van der Waals surface area contributed by atoms with Crippen molar-refractivity contribution in [3.63, 3.8) is 0 Å². The number of ether oxygens (including phenoxy) is 1. The molecule has 1 unspecified atom stereocenters. The fourth-order valence-electron chi connectivity index (χ4n) is 2.50. The van der Waals surface area contributed by atoms with E-state index in [2.05, 4.69) is 10.6 Å². The summed E-state index contributed by atoms with van der Waals surface area (Å²) in [7, 11) is 1.54. The molecule has 138 valence electrons. The van der Waals surface area contributed by atoms with E-state index in [1.807, 2.05) is 32.0 Å². The highest BCUT2D eigenvalue weighted by molar-refractivity contribution is 5.92. The van der Waals surface area contributed by atoms with Gasteiger partial charge in [-0.05, 0) is 43.2 Å². The zero-order chi connectivity index (χ0) is 19.1. The first-order chi connectivity index (χ1) is 12.4. The Balaban J connectivity index is 1.80. The van der Waals surface area contributed by atoms with Gasteiger partial charge in [0.25, 0.3) is 5.91 Å². The fraction of sp³-hybridized carbons (Fsp3) is 0.300. The molecule has 6 nitrogen and oxygen atoms in total. The Labute approximate surface area is 153 Å². The van der Waals surface area contributed by atoms with Gasteiger partial charge in [-0.2, -0.15) is 0 Å². The first-order valence-electron chi connectivity index (χ1n) is 8.37. The molecule has 0 heterocycles. The summed E-state index contributed by atoms with van der Waals surface area (Å²) in [5.41, 5.74) is 3.32. The molecule has 0 saturated carbocycles. The van der Waals surface area contributed by atoms with Gasteiger partial charge in [0.05, 0.1) is 7.11 Å². The van der Waals surface area contributed by atoms with Crippen molar-refractivity contribution in [2.75, 3.05) is 19.0 Å². The molecule has 6 heteroatoms. The summed E-state index contributed by atoms with van der Waals surface area (Å²) in [6.45, 7) is 4.06. The highest BCUT2D eigenvalue weighted by Crippen LogP contribution is 2.18. The minimum atomic E-state index is -1.29. The van der Waals surface area contributed by atoms with E-state index in [0.29, 0.717) is 11.3 Å². The standard InChI is InChI=1S/C20H24N2O4/c1-13-4-9-17(14(2)12-13)22-18(23)10-11-21-20(25)19(24)15-5-7-16(26-3)8-6-15/h4-9,12,19,24H,10-11H2,1-3H3,(H,21,25)(H,22,23). The maximum atomic E-state index is 12.0. The molecule has 1 atom stereocenters. The van der Waals surface area contributed by atoms with Crippen molar-refractivity contribution in [1.29, 1.82) is 0 Å². The van der Waals surface area contributed by atoms with E-state index in [4.69, 9.17) is 4.74 Å². The van der Waals surface area contributed by atoms with E-state index in [0.717, 1.165) is 16.8 Å². The summed E-state index contributed by atoms with van der Waals surface area (Å²) in [6, 6.07) is 12.4. The van der Waals surface area contributed by atoms with Gasteiger partial charge in [-0.25, -0.2) is 0 Å². The van der Waals surface area contributed by atoms with Crippen LogP contribution in [0.15, 0.2) is 42.5 Å². The summed E-state index contributed by atoms with van der Waals surface area (Å²) in [5, 5.41) is 15.4. The molecule has 2 rings (SSSR count). The third-order valence-corrected chi connectivity index (χ3v) is 3.99. The zero-order valence-electron chi connectivity index (χ0n) is 15.2. The van der Waals surface area contributed by atoms with Gasteiger partial charge in [-0.3, -0.25) is 9.59 Å². The normalized spacial score (nSPS) is 11.5. The molecular weight excluding hydrogens is 332 g/mol. The minimum Gasteiger partial charge on any atom is -0.497 e. The van der Waals surface area contributed by atoms with Gasteiger partial charge in [0, 0.05) is 18.7 Å². The summed E-state index contributed by atoms with van der Waals surface area (Å²) in [4.78, 5) is 24.0. The summed E-state index contributed by atoms with van der Waals surface area (Å²) in [5.74, 6) is -0.102. The fourth-order valence-corrected chi connectivity index (χ4v) is 2.50. The summed E-state index contributed by atoms with van der Waals surface area (Å²) in [6.07, 6.45) is -1.17. The monoisotopic (exact) mass is 356 g/mol. The third-order valence-electron chi connectivity index (χ3n) is 3.99. The van der Waals surface area contributed by atoms with Crippen LogP contribution in [0, 0.1) is 13.8 Å². The highest BCUT2D eigenvalue weighted by Gasteiger charge is 2.17. The van der Waals surface area contributed by atoms with Gasteiger partial charge >= 0.3 is 0 Å². The second-order valence-corrected chi connectivity index (χ2v) is 6.08. The molecule has 0 fully saturated rings. The molecule has 0 spiro atoms. The van der Waals surface area contributed by atoms with Crippen LogP contribution >= 0.6 is 0 Å². The van der Waals surface area contributed by atoms with E-state index < -0.39 is 12.0 Å². The number of amides is 2. The van der Waals surface area contributed by atoms with Crippen molar-refractivity contribution in [2.45, 2.75) is 26.4 Å². The Hall–Kier alpha value is -2.86. The largest absolute Gasteiger partial charge is 0.497 e. The van der Waals surface area contributed by atoms with E-state index in [-0.39, 0.29) is 18.9 Å². The number of anilines is 1. The summed E-state index contributed by atoms with van der Waals surface area (Å²) >= 11 is 0. The second kappa shape index (κ2) is 9.01. The highest BCUT2D eigenvalue weighted by atomic mass is 16.5. The maximum absolute atomic E-state index is 12.0. The van der Waals surface area contributed by atoms with Crippen molar-refractivity contribution < 1.29 is 19.4 Å².